The first-order chi connectivity index (χ1) is 11.9. The summed E-state index contributed by atoms with van der Waals surface area (Å²) in [5, 5.41) is 18.4. The molecule has 2 heterocycles. The second-order valence-electron chi connectivity index (χ2n) is 5.28. The minimum Gasteiger partial charge on any atom is -0.369 e. The van der Waals surface area contributed by atoms with Crippen LogP contribution in [-0.4, -0.2) is 26.5 Å². The first kappa shape index (κ1) is 16.6. The monoisotopic (exact) mass is 357 g/mol. The van der Waals surface area contributed by atoms with Crippen molar-refractivity contribution in [3.63, 3.8) is 0 Å². The number of non-ortho nitro benzene ring substituents is 1. The average Bonchev–Trinajstić information content (AvgIpc) is 3.05. The Hall–Kier alpha value is -3.27. The molecule has 0 aliphatic carbocycles. The molecule has 2 aromatic heterocycles. The number of nitrogens with two attached hydrogens (primary N) is 2. The lowest BCUT2D eigenvalue weighted by Gasteiger charge is -2.01. The number of nitro benzene ring substituents is 1. The number of nitro groups is 1. The van der Waals surface area contributed by atoms with Crippen molar-refractivity contribution in [2.24, 2.45) is 21.7 Å². The van der Waals surface area contributed by atoms with Crippen LogP contribution >= 0.6 is 11.3 Å². The van der Waals surface area contributed by atoms with Gasteiger partial charge in [-0.3, -0.25) is 14.5 Å². The predicted molar refractivity (Wildman–Crippen MR) is 98.0 cm³/mol. The summed E-state index contributed by atoms with van der Waals surface area (Å²) >= 11 is 1.55. The quantitative estimate of drug-likeness (QED) is 0.319. The lowest BCUT2D eigenvalue weighted by Crippen LogP contribution is -2.21. The van der Waals surface area contributed by atoms with E-state index in [-0.39, 0.29) is 11.6 Å². The number of rotatable bonds is 4. The van der Waals surface area contributed by atoms with E-state index in [2.05, 4.69) is 15.2 Å². The average molecular weight is 357 g/mol. The van der Waals surface area contributed by atoms with Crippen molar-refractivity contribution < 1.29 is 4.92 Å². The number of hydrogen-bond acceptors (Lipinski definition) is 6. The van der Waals surface area contributed by atoms with Crippen LogP contribution in [-0.2, 0) is 0 Å². The first-order valence-electron chi connectivity index (χ1n) is 7.23. The number of benzene rings is 1. The third-order valence-corrected chi connectivity index (χ3v) is 4.73. The summed E-state index contributed by atoms with van der Waals surface area (Å²) < 4.78 is 1.96. The van der Waals surface area contributed by atoms with Crippen molar-refractivity contribution in [1.29, 1.82) is 0 Å². The van der Waals surface area contributed by atoms with Crippen molar-refractivity contribution in [2.45, 2.75) is 13.8 Å². The second-order valence-corrected chi connectivity index (χ2v) is 6.46. The number of imidazole rings is 1. The van der Waals surface area contributed by atoms with E-state index in [1.54, 1.807) is 23.5 Å². The Labute approximate surface area is 146 Å². The molecule has 25 heavy (non-hydrogen) atoms. The van der Waals surface area contributed by atoms with Gasteiger partial charge in [-0.25, -0.2) is 4.98 Å². The highest BCUT2D eigenvalue weighted by Crippen LogP contribution is 2.30. The van der Waals surface area contributed by atoms with E-state index in [0.29, 0.717) is 11.4 Å². The minimum absolute atomic E-state index is 0.0209. The van der Waals surface area contributed by atoms with E-state index in [1.165, 1.54) is 18.3 Å². The van der Waals surface area contributed by atoms with E-state index in [1.807, 2.05) is 18.2 Å². The number of aryl methyl sites for hydroxylation is 2. The van der Waals surface area contributed by atoms with Gasteiger partial charge in [-0.15, -0.1) is 16.4 Å². The molecule has 0 unspecified atom stereocenters. The van der Waals surface area contributed by atoms with Crippen LogP contribution in [0.2, 0.25) is 0 Å². The van der Waals surface area contributed by atoms with Gasteiger partial charge in [0.05, 0.1) is 22.5 Å². The molecule has 128 valence electrons. The van der Waals surface area contributed by atoms with E-state index in [0.717, 1.165) is 21.1 Å². The van der Waals surface area contributed by atoms with Crippen molar-refractivity contribution in [1.82, 2.24) is 9.38 Å². The molecule has 0 radical (unpaired) electrons. The molecule has 0 amide bonds. The topological polar surface area (TPSA) is 137 Å². The van der Waals surface area contributed by atoms with Crippen LogP contribution in [0.3, 0.4) is 0 Å². The Morgan fingerprint density at radius 1 is 1.32 bits per heavy atom. The fourth-order valence-electron chi connectivity index (χ4n) is 2.40. The molecular formula is C15H15N7O2S. The van der Waals surface area contributed by atoms with E-state index >= 15 is 0 Å². The van der Waals surface area contributed by atoms with E-state index < -0.39 is 4.92 Å². The predicted octanol–water partition coefficient (Wildman–Crippen LogP) is 2.20. The molecule has 0 saturated heterocycles. The largest absolute Gasteiger partial charge is 0.369 e. The Balaban J connectivity index is 2.18. The third-order valence-electron chi connectivity index (χ3n) is 3.68. The number of hydrogen-bond donors (Lipinski definition) is 2. The maximum atomic E-state index is 10.8. The molecule has 0 aliphatic rings. The highest BCUT2D eigenvalue weighted by atomic mass is 32.1. The van der Waals surface area contributed by atoms with Crippen LogP contribution in [0.25, 0.3) is 16.2 Å². The number of nitrogens with zero attached hydrogens (tertiary/aromatic N) is 5. The van der Waals surface area contributed by atoms with Gasteiger partial charge in [0.1, 0.15) is 0 Å². The molecule has 1 aromatic carbocycles. The van der Waals surface area contributed by atoms with Gasteiger partial charge in [-0.1, -0.05) is 0 Å². The fraction of sp³-hybridized carbons (Fsp3) is 0.133. The van der Waals surface area contributed by atoms with Gasteiger partial charge in [0.25, 0.3) is 5.69 Å². The maximum Gasteiger partial charge on any atom is 0.269 e. The Bertz CT molecular complexity index is 1010. The maximum absolute atomic E-state index is 10.8. The lowest BCUT2D eigenvalue weighted by molar-refractivity contribution is -0.384. The molecule has 0 atom stereocenters. The third kappa shape index (κ3) is 3.06. The van der Waals surface area contributed by atoms with Crippen LogP contribution in [0.4, 0.5) is 5.69 Å². The van der Waals surface area contributed by atoms with Gasteiger partial charge in [-0.2, -0.15) is 5.10 Å². The molecule has 0 bridgehead atoms. The zero-order valence-electron chi connectivity index (χ0n) is 13.5. The summed E-state index contributed by atoms with van der Waals surface area (Å²) in [5.41, 5.74) is 13.8. The summed E-state index contributed by atoms with van der Waals surface area (Å²) in [6.07, 6.45) is 1.52. The summed E-state index contributed by atoms with van der Waals surface area (Å²) in [6, 6.07) is 6.20. The van der Waals surface area contributed by atoms with Gasteiger partial charge >= 0.3 is 0 Å². The van der Waals surface area contributed by atoms with Gasteiger partial charge in [0, 0.05) is 28.3 Å². The minimum atomic E-state index is -0.440. The molecule has 3 rings (SSSR count). The second kappa shape index (κ2) is 6.32. The standard InChI is InChI=1S/C15H15N7O2S/c1-8-9(2)25-15-19-13(10-3-5-11(6-4-10)22(23)24)12(21(8)15)7-18-20-14(16)17/h3-7H,1-2H3,(H4,16,17,20). The Morgan fingerprint density at radius 3 is 2.60 bits per heavy atom. The number of thiazole rings is 1. The molecule has 4 N–H and O–H groups in total. The van der Waals surface area contributed by atoms with Crippen LogP contribution in [0.1, 0.15) is 16.3 Å². The summed E-state index contributed by atoms with van der Waals surface area (Å²) in [5.74, 6) is -0.146. The molecule has 10 heteroatoms. The SMILES string of the molecule is Cc1sc2nc(-c3ccc([N+](=O)[O-])cc3)c(C=NN=C(N)N)n2c1C. The summed E-state index contributed by atoms with van der Waals surface area (Å²) in [7, 11) is 0. The molecule has 0 aliphatic heterocycles. The van der Waals surface area contributed by atoms with Gasteiger partial charge < -0.3 is 11.5 Å². The highest BCUT2D eigenvalue weighted by Gasteiger charge is 2.18. The van der Waals surface area contributed by atoms with Crippen molar-refractivity contribution in [3.05, 3.63) is 50.6 Å². The molecule has 3 aromatic rings. The number of guanidine groups is 1. The van der Waals surface area contributed by atoms with Crippen molar-refractivity contribution in [2.75, 3.05) is 0 Å². The van der Waals surface area contributed by atoms with Crippen LogP contribution in [0.15, 0.2) is 34.5 Å². The fourth-order valence-corrected chi connectivity index (χ4v) is 3.37. The Kier molecular flexibility index (Phi) is 4.19. The van der Waals surface area contributed by atoms with Gasteiger partial charge in [0.2, 0.25) is 5.96 Å². The molecule has 9 nitrogen and oxygen atoms in total. The van der Waals surface area contributed by atoms with Gasteiger partial charge in [0.15, 0.2) is 4.96 Å². The van der Waals surface area contributed by atoms with E-state index in [4.69, 9.17) is 11.5 Å². The Morgan fingerprint density at radius 2 is 2.00 bits per heavy atom. The normalized spacial score (nSPS) is 11.3. The van der Waals surface area contributed by atoms with Gasteiger partial charge in [-0.05, 0) is 26.0 Å². The number of fused-ring (bicyclic) bond motifs is 1. The van der Waals surface area contributed by atoms with Crippen LogP contribution in [0, 0.1) is 24.0 Å². The molecule has 0 spiro atoms. The summed E-state index contributed by atoms with van der Waals surface area (Å²) in [4.78, 5) is 17.0. The molecule has 0 fully saturated rings. The number of aromatic nitrogens is 2. The van der Waals surface area contributed by atoms with Crippen LogP contribution < -0.4 is 11.5 Å². The molecule has 0 saturated carbocycles. The van der Waals surface area contributed by atoms with Crippen molar-refractivity contribution in [3.8, 4) is 11.3 Å². The zero-order valence-corrected chi connectivity index (χ0v) is 14.3. The smallest absolute Gasteiger partial charge is 0.269 e. The zero-order chi connectivity index (χ0) is 18.1. The van der Waals surface area contributed by atoms with Crippen LogP contribution in [0.5, 0.6) is 0 Å². The summed E-state index contributed by atoms with van der Waals surface area (Å²) in [6.45, 7) is 4.00. The highest BCUT2D eigenvalue weighted by molar-refractivity contribution is 7.17. The first-order valence-corrected chi connectivity index (χ1v) is 8.05. The van der Waals surface area contributed by atoms with E-state index in [9.17, 15) is 10.1 Å². The van der Waals surface area contributed by atoms with Crippen molar-refractivity contribution >= 4 is 34.2 Å². The lowest BCUT2D eigenvalue weighted by atomic mass is 10.1. The molecular weight excluding hydrogens is 342 g/mol.